The molecule has 0 unspecified atom stereocenters. The summed E-state index contributed by atoms with van der Waals surface area (Å²) in [5, 5.41) is 13.2. The van der Waals surface area contributed by atoms with E-state index in [0.29, 0.717) is 27.7 Å². The molecule has 0 bridgehead atoms. The third-order valence-corrected chi connectivity index (χ3v) is 5.96. The molecule has 1 N–H and O–H groups in total. The quantitative estimate of drug-likeness (QED) is 0.543. The standard InChI is InChI=1S/C23H22N2O4S/c1-28-17-10-8-16(9-11-17)19-18(14-24)22(25-21(26)20(19)23(27)29-2)30-13-12-15-6-4-3-5-7-15/h3-11,19-20H,12-13H2,1-2H3,(H,25,26)/t19-,20-/m0/s1. The number of carbonyl (C=O) groups excluding carboxylic acids is 2. The van der Waals surface area contributed by atoms with Gasteiger partial charge < -0.3 is 14.8 Å². The Bertz CT molecular complexity index is 981. The van der Waals surface area contributed by atoms with Gasteiger partial charge in [0.25, 0.3) is 0 Å². The number of carbonyl (C=O) groups is 2. The molecule has 2 atom stereocenters. The molecule has 0 radical (unpaired) electrons. The Morgan fingerprint density at radius 2 is 1.83 bits per heavy atom. The molecule has 1 heterocycles. The van der Waals surface area contributed by atoms with E-state index in [-0.39, 0.29) is 0 Å². The third kappa shape index (κ3) is 4.66. The topological polar surface area (TPSA) is 88.4 Å². The molecule has 0 aromatic heterocycles. The van der Waals surface area contributed by atoms with Crippen molar-refractivity contribution in [2.75, 3.05) is 20.0 Å². The van der Waals surface area contributed by atoms with Crippen LogP contribution in [0.2, 0.25) is 0 Å². The summed E-state index contributed by atoms with van der Waals surface area (Å²) in [5.41, 5.74) is 2.21. The van der Waals surface area contributed by atoms with Gasteiger partial charge in [-0.3, -0.25) is 9.59 Å². The Hall–Kier alpha value is -3.24. The van der Waals surface area contributed by atoms with Crippen molar-refractivity contribution in [1.29, 1.82) is 5.26 Å². The minimum atomic E-state index is -1.13. The monoisotopic (exact) mass is 422 g/mol. The zero-order valence-electron chi connectivity index (χ0n) is 16.8. The van der Waals surface area contributed by atoms with Crippen molar-refractivity contribution >= 4 is 23.6 Å². The van der Waals surface area contributed by atoms with Crippen molar-refractivity contribution in [3.05, 3.63) is 76.3 Å². The number of nitrogens with zero attached hydrogens (tertiary/aromatic N) is 1. The van der Waals surface area contributed by atoms with Crippen LogP contribution < -0.4 is 10.1 Å². The van der Waals surface area contributed by atoms with Crippen molar-refractivity contribution < 1.29 is 19.1 Å². The first-order valence-corrected chi connectivity index (χ1v) is 10.4. The number of aryl methyl sites for hydroxylation is 1. The lowest BCUT2D eigenvalue weighted by molar-refractivity contribution is -0.150. The molecular formula is C23H22N2O4S. The number of thioether (sulfide) groups is 1. The average Bonchev–Trinajstić information content (AvgIpc) is 2.79. The zero-order valence-corrected chi connectivity index (χ0v) is 17.6. The van der Waals surface area contributed by atoms with Gasteiger partial charge in [-0.2, -0.15) is 5.26 Å². The van der Waals surface area contributed by atoms with Crippen LogP contribution in [0.1, 0.15) is 17.0 Å². The van der Waals surface area contributed by atoms with Crippen LogP contribution in [0.4, 0.5) is 0 Å². The lowest BCUT2D eigenvalue weighted by atomic mass is 9.78. The van der Waals surface area contributed by atoms with Gasteiger partial charge in [-0.25, -0.2) is 0 Å². The van der Waals surface area contributed by atoms with Crippen LogP contribution >= 0.6 is 11.8 Å². The lowest BCUT2D eigenvalue weighted by Crippen LogP contribution is -2.44. The Balaban J connectivity index is 1.93. The number of hydrogen-bond donors (Lipinski definition) is 1. The van der Waals surface area contributed by atoms with Crippen LogP contribution in [0.5, 0.6) is 5.75 Å². The van der Waals surface area contributed by atoms with E-state index in [1.807, 2.05) is 30.3 Å². The maximum absolute atomic E-state index is 12.8. The number of methoxy groups -OCH3 is 2. The largest absolute Gasteiger partial charge is 0.497 e. The van der Waals surface area contributed by atoms with Crippen molar-refractivity contribution in [1.82, 2.24) is 5.32 Å². The number of nitriles is 1. The van der Waals surface area contributed by atoms with Gasteiger partial charge in [0.1, 0.15) is 11.7 Å². The van der Waals surface area contributed by atoms with Crippen LogP contribution in [0.15, 0.2) is 65.2 Å². The summed E-state index contributed by atoms with van der Waals surface area (Å²) in [6, 6.07) is 19.2. The molecule has 0 saturated heterocycles. The second-order valence-electron chi connectivity index (χ2n) is 6.68. The molecule has 2 aromatic rings. The second-order valence-corrected chi connectivity index (χ2v) is 7.78. The van der Waals surface area contributed by atoms with E-state index in [9.17, 15) is 14.9 Å². The van der Waals surface area contributed by atoms with Crippen LogP contribution in [-0.4, -0.2) is 31.8 Å². The minimum Gasteiger partial charge on any atom is -0.497 e. The van der Waals surface area contributed by atoms with Gasteiger partial charge in [-0.15, -0.1) is 11.8 Å². The number of esters is 1. The average molecular weight is 423 g/mol. The maximum Gasteiger partial charge on any atom is 0.319 e. The van der Waals surface area contributed by atoms with Crippen LogP contribution in [0, 0.1) is 17.2 Å². The minimum absolute atomic E-state index is 0.355. The molecule has 7 heteroatoms. The van der Waals surface area contributed by atoms with Crippen LogP contribution in [-0.2, 0) is 20.7 Å². The summed E-state index contributed by atoms with van der Waals surface area (Å²) in [6.07, 6.45) is 0.789. The van der Waals surface area contributed by atoms with Crippen molar-refractivity contribution in [3.8, 4) is 11.8 Å². The van der Waals surface area contributed by atoms with Crippen LogP contribution in [0.3, 0.4) is 0 Å². The van der Waals surface area contributed by atoms with Gasteiger partial charge in [0.15, 0.2) is 0 Å². The molecule has 30 heavy (non-hydrogen) atoms. The third-order valence-electron chi connectivity index (χ3n) is 4.94. The van der Waals surface area contributed by atoms with Gasteiger partial charge in [0.2, 0.25) is 5.91 Å². The first-order valence-electron chi connectivity index (χ1n) is 9.42. The summed E-state index contributed by atoms with van der Waals surface area (Å²) in [4.78, 5) is 25.2. The fourth-order valence-electron chi connectivity index (χ4n) is 3.41. The molecule has 2 aromatic carbocycles. The van der Waals surface area contributed by atoms with Gasteiger partial charge in [-0.05, 0) is 29.7 Å². The SMILES string of the molecule is COC(=O)[C@@H]1C(=O)NC(SCCc2ccccc2)=C(C#N)[C@@H]1c1ccc(OC)cc1. The molecule has 1 amide bonds. The van der Waals surface area contributed by atoms with E-state index in [1.165, 1.54) is 24.4 Å². The lowest BCUT2D eigenvalue weighted by Gasteiger charge is -2.31. The molecule has 0 spiro atoms. The fraction of sp³-hybridized carbons (Fsp3) is 0.261. The molecule has 0 fully saturated rings. The predicted molar refractivity (Wildman–Crippen MR) is 115 cm³/mol. The zero-order chi connectivity index (χ0) is 21.5. The van der Waals surface area contributed by atoms with Crippen LogP contribution in [0.25, 0.3) is 0 Å². The fourth-order valence-corrected chi connectivity index (χ4v) is 4.45. The molecule has 3 rings (SSSR count). The van der Waals surface area contributed by atoms with Gasteiger partial charge in [-0.1, -0.05) is 42.5 Å². The number of amides is 1. The maximum atomic E-state index is 12.8. The number of nitrogens with one attached hydrogen (secondary N) is 1. The number of hydrogen-bond acceptors (Lipinski definition) is 6. The number of allylic oxidation sites excluding steroid dienone is 1. The van der Waals surface area contributed by atoms with Crippen molar-refractivity contribution in [2.45, 2.75) is 12.3 Å². The van der Waals surface area contributed by atoms with Gasteiger partial charge >= 0.3 is 5.97 Å². The first kappa shape index (κ1) is 21.5. The summed E-state index contributed by atoms with van der Waals surface area (Å²) in [7, 11) is 2.79. The Morgan fingerprint density at radius 1 is 1.13 bits per heavy atom. The number of benzene rings is 2. The molecule has 0 saturated carbocycles. The predicted octanol–water partition coefficient (Wildman–Crippen LogP) is 3.41. The van der Waals surface area contributed by atoms with E-state index in [2.05, 4.69) is 11.4 Å². The van der Waals surface area contributed by atoms with Gasteiger partial charge in [0, 0.05) is 11.7 Å². The highest BCUT2D eigenvalue weighted by molar-refractivity contribution is 8.03. The highest BCUT2D eigenvalue weighted by atomic mass is 32.2. The first-order chi connectivity index (χ1) is 14.6. The molecule has 1 aliphatic rings. The van der Waals surface area contributed by atoms with Gasteiger partial charge in [0.05, 0.1) is 30.9 Å². The van der Waals surface area contributed by atoms with E-state index >= 15 is 0 Å². The molecule has 6 nitrogen and oxygen atoms in total. The van der Waals surface area contributed by atoms with E-state index in [1.54, 1.807) is 31.4 Å². The second kappa shape index (κ2) is 9.99. The Kier molecular flexibility index (Phi) is 7.15. The Morgan fingerprint density at radius 3 is 2.43 bits per heavy atom. The van der Waals surface area contributed by atoms with E-state index < -0.39 is 23.7 Å². The molecule has 1 aliphatic heterocycles. The normalized spacial score (nSPS) is 18.4. The number of rotatable bonds is 7. The van der Waals surface area contributed by atoms with E-state index in [4.69, 9.17) is 9.47 Å². The summed E-state index contributed by atoms with van der Waals surface area (Å²) in [5.74, 6) is -1.66. The number of ether oxygens (including phenoxy) is 2. The summed E-state index contributed by atoms with van der Waals surface area (Å²) >= 11 is 1.40. The smallest absolute Gasteiger partial charge is 0.319 e. The molecular weight excluding hydrogens is 400 g/mol. The summed E-state index contributed by atoms with van der Waals surface area (Å²) in [6.45, 7) is 0. The van der Waals surface area contributed by atoms with Crippen molar-refractivity contribution in [2.24, 2.45) is 5.92 Å². The Labute approximate surface area is 179 Å². The highest BCUT2D eigenvalue weighted by Crippen LogP contribution is 2.40. The van der Waals surface area contributed by atoms with Crippen molar-refractivity contribution in [3.63, 3.8) is 0 Å². The highest BCUT2D eigenvalue weighted by Gasteiger charge is 2.44. The summed E-state index contributed by atoms with van der Waals surface area (Å²) < 4.78 is 10.1. The van der Waals surface area contributed by atoms with E-state index in [0.717, 1.165) is 6.42 Å². The molecule has 154 valence electrons. The molecule has 0 aliphatic carbocycles.